The highest BCUT2D eigenvalue weighted by atomic mass is 19.1. The number of amides is 2. The summed E-state index contributed by atoms with van der Waals surface area (Å²) in [6.45, 7) is 2.65. The van der Waals surface area contributed by atoms with Crippen LogP contribution in [0.4, 0.5) is 9.18 Å². The Hall–Kier alpha value is -2.31. The number of hydrogen-bond acceptors (Lipinski definition) is 3. The first-order chi connectivity index (χ1) is 10.9. The van der Waals surface area contributed by atoms with Crippen LogP contribution in [0, 0.1) is 11.2 Å². The SMILES string of the molecule is CC1(C(=O)O)CCN(C(=O)NC2CCOc3ccc(F)cc32)C1. The van der Waals surface area contributed by atoms with Gasteiger partial charge in [0.1, 0.15) is 11.6 Å². The Morgan fingerprint density at radius 3 is 2.96 bits per heavy atom. The average Bonchev–Trinajstić information content (AvgIpc) is 2.92. The van der Waals surface area contributed by atoms with Crippen molar-refractivity contribution in [2.75, 3.05) is 19.7 Å². The maximum absolute atomic E-state index is 13.5. The third-order valence-corrected chi connectivity index (χ3v) is 4.59. The number of fused-ring (bicyclic) bond motifs is 1. The van der Waals surface area contributed by atoms with Crippen molar-refractivity contribution < 1.29 is 23.8 Å². The molecule has 7 heteroatoms. The average molecular weight is 322 g/mol. The van der Waals surface area contributed by atoms with E-state index in [1.54, 1.807) is 13.0 Å². The Labute approximate surface area is 133 Å². The minimum atomic E-state index is -0.906. The molecule has 3 rings (SSSR count). The zero-order chi connectivity index (χ0) is 16.6. The number of rotatable bonds is 2. The van der Waals surface area contributed by atoms with Gasteiger partial charge in [-0.1, -0.05) is 0 Å². The Bertz CT molecular complexity index is 651. The fourth-order valence-electron chi connectivity index (χ4n) is 3.06. The fourth-order valence-corrected chi connectivity index (χ4v) is 3.06. The zero-order valence-electron chi connectivity index (χ0n) is 12.8. The van der Waals surface area contributed by atoms with Crippen LogP contribution in [0.5, 0.6) is 5.75 Å². The first kappa shape index (κ1) is 15.6. The van der Waals surface area contributed by atoms with E-state index in [0.29, 0.717) is 37.3 Å². The van der Waals surface area contributed by atoms with Crippen LogP contribution in [0.1, 0.15) is 31.4 Å². The van der Waals surface area contributed by atoms with Gasteiger partial charge < -0.3 is 20.1 Å². The summed E-state index contributed by atoms with van der Waals surface area (Å²) >= 11 is 0. The summed E-state index contributed by atoms with van der Waals surface area (Å²) < 4.78 is 18.9. The van der Waals surface area contributed by atoms with E-state index in [2.05, 4.69) is 5.32 Å². The first-order valence-corrected chi connectivity index (χ1v) is 7.60. The van der Waals surface area contributed by atoms with Crippen molar-refractivity contribution >= 4 is 12.0 Å². The molecule has 2 unspecified atom stereocenters. The van der Waals surface area contributed by atoms with Crippen molar-refractivity contribution in [3.8, 4) is 5.75 Å². The molecule has 1 saturated heterocycles. The van der Waals surface area contributed by atoms with E-state index in [1.165, 1.54) is 17.0 Å². The lowest BCUT2D eigenvalue weighted by atomic mass is 9.90. The molecule has 124 valence electrons. The predicted octanol–water partition coefficient (Wildman–Crippen LogP) is 2.16. The van der Waals surface area contributed by atoms with Crippen LogP contribution in [-0.4, -0.2) is 41.7 Å². The number of carboxylic acid groups (broad SMARTS) is 1. The summed E-state index contributed by atoms with van der Waals surface area (Å²) in [5.41, 5.74) is -0.290. The number of carbonyl (C=O) groups is 2. The Morgan fingerprint density at radius 1 is 1.48 bits per heavy atom. The molecule has 2 atom stereocenters. The molecule has 1 fully saturated rings. The van der Waals surface area contributed by atoms with E-state index in [4.69, 9.17) is 4.74 Å². The number of nitrogens with zero attached hydrogens (tertiary/aromatic N) is 1. The lowest BCUT2D eigenvalue weighted by Gasteiger charge is -2.29. The van der Waals surface area contributed by atoms with Gasteiger partial charge in [0, 0.05) is 25.1 Å². The van der Waals surface area contributed by atoms with E-state index in [-0.39, 0.29) is 24.4 Å². The maximum atomic E-state index is 13.5. The van der Waals surface area contributed by atoms with E-state index in [1.807, 2.05) is 0 Å². The van der Waals surface area contributed by atoms with Gasteiger partial charge in [-0.15, -0.1) is 0 Å². The zero-order valence-corrected chi connectivity index (χ0v) is 12.8. The largest absolute Gasteiger partial charge is 0.493 e. The van der Waals surface area contributed by atoms with Crippen molar-refractivity contribution in [2.24, 2.45) is 5.41 Å². The number of nitrogens with one attached hydrogen (secondary N) is 1. The molecule has 2 amide bonds. The van der Waals surface area contributed by atoms with Gasteiger partial charge in [0.2, 0.25) is 0 Å². The molecule has 23 heavy (non-hydrogen) atoms. The van der Waals surface area contributed by atoms with Crippen LogP contribution < -0.4 is 10.1 Å². The molecule has 0 radical (unpaired) electrons. The number of carbonyl (C=O) groups excluding carboxylic acids is 1. The molecule has 2 N–H and O–H groups in total. The van der Waals surface area contributed by atoms with Crippen molar-refractivity contribution in [3.05, 3.63) is 29.6 Å². The van der Waals surface area contributed by atoms with Gasteiger partial charge in [-0.2, -0.15) is 0 Å². The molecule has 0 bridgehead atoms. The van der Waals surface area contributed by atoms with Gasteiger partial charge in [0.25, 0.3) is 0 Å². The second kappa shape index (κ2) is 5.72. The summed E-state index contributed by atoms with van der Waals surface area (Å²) in [7, 11) is 0. The lowest BCUT2D eigenvalue weighted by Crippen LogP contribution is -2.43. The van der Waals surface area contributed by atoms with E-state index >= 15 is 0 Å². The van der Waals surface area contributed by atoms with Crippen LogP contribution in [0.2, 0.25) is 0 Å². The molecule has 1 aromatic carbocycles. The van der Waals surface area contributed by atoms with Gasteiger partial charge in [0.05, 0.1) is 18.1 Å². The predicted molar refractivity (Wildman–Crippen MR) is 79.7 cm³/mol. The molecule has 2 heterocycles. The van der Waals surface area contributed by atoms with Crippen LogP contribution >= 0.6 is 0 Å². The highest BCUT2D eigenvalue weighted by molar-refractivity contribution is 5.79. The highest BCUT2D eigenvalue weighted by Crippen LogP contribution is 2.34. The smallest absolute Gasteiger partial charge is 0.317 e. The number of ether oxygens (including phenoxy) is 1. The van der Waals surface area contributed by atoms with Crippen LogP contribution in [-0.2, 0) is 4.79 Å². The molecule has 0 saturated carbocycles. The molecule has 2 aliphatic heterocycles. The minimum absolute atomic E-state index is 0.174. The molecule has 0 spiro atoms. The Morgan fingerprint density at radius 2 is 2.26 bits per heavy atom. The molecular weight excluding hydrogens is 303 g/mol. The maximum Gasteiger partial charge on any atom is 0.317 e. The number of carboxylic acids is 1. The monoisotopic (exact) mass is 322 g/mol. The van der Waals surface area contributed by atoms with Gasteiger partial charge >= 0.3 is 12.0 Å². The number of benzene rings is 1. The second-order valence-corrected chi connectivity index (χ2v) is 6.36. The molecule has 1 aromatic rings. The number of aliphatic carboxylic acids is 1. The van der Waals surface area contributed by atoms with Crippen LogP contribution in [0.15, 0.2) is 18.2 Å². The van der Waals surface area contributed by atoms with Gasteiger partial charge in [-0.3, -0.25) is 4.79 Å². The van der Waals surface area contributed by atoms with E-state index in [9.17, 15) is 19.1 Å². The third kappa shape index (κ3) is 2.95. The van der Waals surface area contributed by atoms with Crippen LogP contribution in [0.3, 0.4) is 0 Å². The minimum Gasteiger partial charge on any atom is -0.493 e. The number of hydrogen-bond donors (Lipinski definition) is 2. The third-order valence-electron chi connectivity index (χ3n) is 4.59. The summed E-state index contributed by atoms with van der Waals surface area (Å²) in [6.07, 6.45) is 0.973. The van der Waals surface area contributed by atoms with E-state index in [0.717, 1.165) is 0 Å². The fraction of sp³-hybridized carbons (Fsp3) is 0.500. The van der Waals surface area contributed by atoms with Crippen molar-refractivity contribution in [3.63, 3.8) is 0 Å². The first-order valence-electron chi connectivity index (χ1n) is 7.60. The number of urea groups is 1. The lowest BCUT2D eigenvalue weighted by molar-refractivity contribution is -0.147. The van der Waals surface area contributed by atoms with Gasteiger partial charge in [-0.25, -0.2) is 9.18 Å². The second-order valence-electron chi connectivity index (χ2n) is 6.36. The molecule has 0 aromatic heterocycles. The Balaban J connectivity index is 1.71. The summed E-state index contributed by atoms with van der Waals surface area (Å²) in [4.78, 5) is 25.2. The summed E-state index contributed by atoms with van der Waals surface area (Å²) in [5, 5.41) is 12.1. The van der Waals surface area contributed by atoms with E-state index < -0.39 is 11.4 Å². The topological polar surface area (TPSA) is 78.9 Å². The number of halogens is 1. The quantitative estimate of drug-likeness (QED) is 0.874. The molecule has 0 aliphatic carbocycles. The molecule has 2 aliphatic rings. The molecular formula is C16H19FN2O4. The van der Waals surface area contributed by atoms with Gasteiger partial charge in [0.15, 0.2) is 0 Å². The summed E-state index contributed by atoms with van der Waals surface area (Å²) in [5.74, 6) is -0.709. The normalized spacial score (nSPS) is 26.3. The van der Waals surface area contributed by atoms with Gasteiger partial charge in [-0.05, 0) is 31.5 Å². The molecule has 6 nitrogen and oxygen atoms in total. The standard InChI is InChI=1S/C16H19FN2O4/c1-16(14(20)21)5-6-19(9-16)15(22)18-12-4-7-23-13-3-2-10(17)8-11(12)13/h2-3,8,12H,4-7,9H2,1H3,(H,18,22)(H,20,21). The van der Waals surface area contributed by atoms with Crippen LogP contribution in [0.25, 0.3) is 0 Å². The van der Waals surface area contributed by atoms with Crippen molar-refractivity contribution in [1.29, 1.82) is 0 Å². The summed E-state index contributed by atoms with van der Waals surface area (Å²) in [6, 6.07) is 3.59. The number of likely N-dealkylation sites (tertiary alicyclic amines) is 1. The Kier molecular flexibility index (Phi) is 3.87. The highest BCUT2D eigenvalue weighted by Gasteiger charge is 2.42. The van der Waals surface area contributed by atoms with Crippen molar-refractivity contribution in [1.82, 2.24) is 10.2 Å². The van der Waals surface area contributed by atoms with Crippen molar-refractivity contribution in [2.45, 2.75) is 25.8 Å².